The van der Waals surface area contributed by atoms with Gasteiger partial charge in [0.2, 0.25) is 0 Å². The molecule has 1 unspecified atom stereocenters. The normalized spacial score (nSPS) is 17.0. The topological polar surface area (TPSA) is 93.1 Å². The second-order valence-electron chi connectivity index (χ2n) is 10.9. The highest BCUT2D eigenvalue weighted by molar-refractivity contribution is 5.75. The minimum absolute atomic E-state index is 0.00688. The first kappa shape index (κ1) is 24.6. The predicted octanol–water partition coefficient (Wildman–Crippen LogP) is 5.40. The minimum atomic E-state index is 0.00688. The summed E-state index contributed by atoms with van der Waals surface area (Å²) in [5.41, 5.74) is 10.3. The molecule has 38 heavy (non-hydrogen) atoms. The minimum Gasteiger partial charge on any atom is -0.491 e. The SMILES string of the molecule is Cc1cc(OCCO)cc(C)c1-c1cccc(COc2ccc3c(c2)CC2(CC2)C3Cc2nn[nH]n2)c1C. The second kappa shape index (κ2) is 9.87. The summed E-state index contributed by atoms with van der Waals surface area (Å²) in [5, 5.41) is 23.8. The molecule has 1 heterocycles. The molecule has 0 bridgehead atoms. The lowest BCUT2D eigenvalue weighted by Gasteiger charge is -2.18. The smallest absolute Gasteiger partial charge is 0.175 e. The number of hydrogen-bond acceptors (Lipinski definition) is 6. The average molecular weight is 511 g/mol. The summed E-state index contributed by atoms with van der Waals surface area (Å²) in [6.45, 7) is 7.22. The van der Waals surface area contributed by atoms with Crippen LogP contribution in [-0.4, -0.2) is 38.9 Å². The van der Waals surface area contributed by atoms with E-state index in [1.54, 1.807) is 0 Å². The molecule has 4 aromatic rings. The number of rotatable bonds is 9. The lowest BCUT2D eigenvalue weighted by atomic mass is 9.86. The molecule has 3 aromatic carbocycles. The number of fused-ring (bicyclic) bond motifs is 1. The Hall–Kier alpha value is -3.71. The largest absolute Gasteiger partial charge is 0.491 e. The summed E-state index contributed by atoms with van der Waals surface area (Å²) < 4.78 is 12.0. The molecular formula is C31H34N4O3. The second-order valence-corrected chi connectivity index (χ2v) is 10.9. The molecule has 1 aromatic heterocycles. The molecule has 0 amide bonds. The fraction of sp³-hybridized carbons (Fsp3) is 0.387. The first-order chi connectivity index (χ1) is 18.5. The maximum absolute atomic E-state index is 9.08. The number of aromatic amines is 1. The van der Waals surface area contributed by atoms with Crippen molar-refractivity contribution in [1.82, 2.24) is 20.6 Å². The van der Waals surface area contributed by atoms with Crippen molar-refractivity contribution >= 4 is 0 Å². The van der Waals surface area contributed by atoms with E-state index in [0.717, 1.165) is 41.3 Å². The summed E-state index contributed by atoms with van der Waals surface area (Å²) in [7, 11) is 0. The number of aliphatic hydroxyl groups excluding tert-OH is 1. The van der Waals surface area contributed by atoms with E-state index in [0.29, 0.717) is 24.5 Å². The molecule has 0 saturated heterocycles. The molecule has 1 atom stereocenters. The van der Waals surface area contributed by atoms with Gasteiger partial charge in [0.1, 0.15) is 24.7 Å². The first-order valence-electron chi connectivity index (χ1n) is 13.4. The quantitative estimate of drug-likeness (QED) is 0.313. The van der Waals surface area contributed by atoms with Crippen molar-refractivity contribution < 1.29 is 14.6 Å². The number of nitrogens with one attached hydrogen (secondary N) is 1. The maximum atomic E-state index is 9.08. The number of tetrazole rings is 1. The number of nitrogens with zero attached hydrogens (tertiary/aromatic N) is 3. The van der Waals surface area contributed by atoms with Crippen LogP contribution in [0.4, 0.5) is 0 Å². The molecule has 2 N–H and O–H groups in total. The van der Waals surface area contributed by atoms with Crippen molar-refractivity contribution in [2.45, 2.75) is 59.0 Å². The number of aromatic nitrogens is 4. The Morgan fingerprint density at radius 1 is 1.00 bits per heavy atom. The van der Waals surface area contributed by atoms with Gasteiger partial charge in [-0.2, -0.15) is 5.21 Å². The Balaban J connectivity index is 1.20. The highest BCUT2D eigenvalue weighted by atomic mass is 16.5. The third-order valence-corrected chi connectivity index (χ3v) is 8.42. The van der Waals surface area contributed by atoms with Crippen molar-refractivity contribution in [3.05, 3.63) is 87.7 Å². The van der Waals surface area contributed by atoms with Crippen LogP contribution in [0.25, 0.3) is 11.1 Å². The van der Waals surface area contributed by atoms with Crippen LogP contribution in [0.2, 0.25) is 0 Å². The Labute approximate surface area is 223 Å². The molecule has 7 nitrogen and oxygen atoms in total. The summed E-state index contributed by atoms with van der Waals surface area (Å²) in [6.07, 6.45) is 4.47. The van der Waals surface area contributed by atoms with Gasteiger partial charge in [-0.05, 0) is 120 Å². The van der Waals surface area contributed by atoms with Gasteiger partial charge in [-0.15, -0.1) is 10.2 Å². The standard InChI is InChI=1S/C31H34N4O3/c1-19-13-25(37-12-11-36)14-20(2)30(19)26-6-4-5-22(21(26)3)18-38-24-7-8-27-23(15-24)17-31(9-10-31)28(27)16-29-32-34-35-33-29/h4-8,13-15,28,36H,9-12,16-18H2,1-3H3,(H,32,33,34,35). The monoisotopic (exact) mass is 510 g/mol. The van der Waals surface area contributed by atoms with Gasteiger partial charge in [-0.25, -0.2) is 0 Å². The lowest BCUT2D eigenvalue weighted by molar-refractivity contribution is 0.201. The van der Waals surface area contributed by atoms with Gasteiger partial charge >= 0.3 is 0 Å². The number of H-pyrrole nitrogens is 1. The van der Waals surface area contributed by atoms with Gasteiger partial charge in [0.05, 0.1) is 6.61 Å². The van der Waals surface area contributed by atoms with Gasteiger partial charge in [-0.1, -0.05) is 29.5 Å². The van der Waals surface area contributed by atoms with Gasteiger partial charge in [0.15, 0.2) is 5.82 Å². The molecular weight excluding hydrogens is 476 g/mol. The van der Waals surface area contributed by atoms with E-state index in [9.17, 15) is 0 Å². The number of benzene rings is 3. The Morgan fingerprint density at radius 3 is 2.53 bits per heavy atom. The van der Waals surface area contributed by atoms with Crippen LogP contribution in [0.3, 0.4) is 0 Å². The molecule has 1 fully saturated rings. The maximum Gasteiger partial charge on any atom is 0.175 e. The van der Waals surface area contributed by atoms with E-state index in [1.165, 1.54) is 46.2 Å². The van der Waals surface area contributed by atoms with Crippen LogP contribution >= 0.6 is 0 Å². The van der Waals surface area contributed by atoms with Crippen molar-refractivity contribution in [3.63, 3.8) is 0 Å². The fourth-order valence-electron chi connectivity index (χ4n) is 6.33. The van der Waals surface area contributed by atoms with Crippen LogP contribution in [0, 0.1) is 26.2 Å². The first-order valence-corrected chi connectivity index (χ1v) is 13.4. The zero-order chi connectivity index (χ0) is 26.3. The molecule has 2 aliphatic carbocycles. The molecule has 7 heteroatoms. The third kappa shape index (κ3) is 4.56. The Morgan fingerprint density at radius 2 is 1.82 bits per heavy atom. The van der Waals surface area contributed by atoms with Crippen molar-refractivity contribution in [1.29, 1.82) is 0 Å². The number of ether oxygens (including phenoxy) is 2. The molecule has 1 spiro atoms. The van der Waals surface area contributed by atoms with Gasteiger partial charge in [-0.3, -0.25) is 0 Å². The van der Waals surface area contributed by atoms with E-state index < -0.39 is 0 Å². The molecule has 1 saturated carbocycles. The number of aliphatic hydroxyl groups is 1. The van der Waals surface area contributed by atoms with Crippen molar-refractivity contribution in [3.8, 4) is 22.6 Å². The third-order valence-electron chi connectivity index (χ3n) is 8.42. The fourth-order valence-corrected chi connectivity index (χ4v) is 6.33. The van der Waals surface area contributed by atoms with Crippen molar-refractivity contribution in [2.75, 3.05) is 13.2 Å². The molecule has 6 rings (SSSR count). The molecule has 0 radical (unpaired) electrons. The number of aryl methyl sites for hydroxylation is 2. The van der Waals surface area contributed by atoms with E-state index >= 15 is 0 Å². The number of hydrogen-bond donors (Lipinski definition) is 2. The van der Waals surface area contributed by atoms with E-state index in [-0.39, 0.29) is 6.61 Å². The summed E-state index contributed by atoms with van der Waals surface area (Å²) in [4.78, 5) is 0. The molecule has 2 aliphatic rings. The summed E-state index contributed by atoms with van der Waals surface area (Å²) in [6, 6.07) is 17.1. The van der Waals surface area contributed by atoms with Gasteiger partial charge in [0.25, 0.3) is 0 Å². The highest BCUT2D eigenvalue weighted by Crippen LogP contribution is 2.64. The summed E-state index contributed by atoms with van der Waals surface area (Å²) in [5.74, 6) is 2.96. The van der Waals surface area contributed by atoms with E-state index in [2.05, 4.69) is 77.8 Å². The zero-order valence-corrected chi connectivity index (χ0v) is 22.3. The van der Waals surface area contributed by atoms with Gasteiger partial charge in [0, 0.05) is 6.42 Å². The molecule has 196 valence electrons. The average Bonchev–Trinajstić information content (AvgIpc) is 3.36. The van der Waals surface area contributed by atoms with Crippen LogP contribution in [0.1, 0.15) is 58.0 Å². The van der Waals surface area contributed by atoms with Crippen LogP contribution in [-0.2, 0) is 19.4 Å². The zero-order valence-electron chi connectivity index (χ0n) is 22.3. The highest BCUT2D eigenvalue weighted by Gasteiger charge is 2.54. The van der Waals surface area contributed by atoms with E-state index in [4.69, 9.17) is 14.6 Å². The molecule has 0 aliphatic heterocycles. The predicted molar refractivity (Wildman–Crippen MR) is 145 cm³/mol. The van der Waals surface area contributed by atoms with Crippen LogP contribution in [0.5, 0.6) is 11.5 Å². The van der Waals surface area contributed by atoms with Crippen molar-refractivity contribution in [2.24, 2.45) is 5.41 Å². The van der Waals surface area contributed by atoms with Crippen LogP contribution in [0.15, 0.2) is 48.5 Å². The Kier molecular flexibility index (Phi) is 6.40. The van der Waals surface area contributed by atoms with Gasteiger partial charge < -0.3 is 14.6 Å². The van der Waals surface area contributed by atoms with E-state index in [1.807, 2.05) is 12.1 Å². The Bertz CT molecular complexity index is 1440. The van der Waals surface area contributed by atoms with Crippen LogP contribution < -0.4 is 9.47 Å². The summed E-state index contributed by atoms with van der Waals surface area (Å²) >= 11 is 0. The lowest BCUT2D eigenvalue weighted by Crippen LogP contribution is -2.12.